The van der Waals surface area contributed by atoms with Crippen molar-refractivity contribution in [3.8, 4) is 22.8 Å². The first kappa shape index (κ1) is 24.3. The fourth-order valence-electron chi connectivity index (χ4n) is 3.78. The van der Waals surface area contributed by atoms with Gasteiger partial charge in [-0.25, -0.2) is 9.37 Å². The van der Waals surface area contributed by atoms with Gasteiger partial charge in [-0.15, -0.1) is 11.3 Å². The van der Waals surface area contributed by atoms with E-state index in [0.29, 0.717) is 27.5 Å². The highest BCUT2D eigenvalue weighted by Crippen LogP contribution is 2.36. The molecule has 0 aliphatic carbocycles. The van der Waals surface area contributed by atoms with Crippen LogP contribution in [-0.2, 0) is 0 Å². The zero-order valence-corrected chi connectivity index (χ0v) is 20.7. The van der Waals surface area contributed by atoms with E-state index in [4.69, 9.17) is 9.47 Å². The fraction of sp³-hybridized carbons (Fsp3) is 0.222. The number of rotatable bonds is 9. The van der Waals surface area contributed by atoms with Gasteiger partial charge in [-0.3, -0.25) is 9.59 Å². The number of ketones is 2. The van der Waals surface area contributed by atoms with Crippen molar-refractivity contribution in [1.29, 1.82) is 0 Å². The first-order chi connectivity index (χ1) is 16.8. The van der Waals surface area contributed by atoms with Crippen LogP contribution in [0.5, 0.6) is 11.5 Å². The number of aromatic nitrogens is 1. The summed E-state index contributed by atoms with van der Waals surface area (Å²) in [5.74, 6) is 0.275. The van der Waals surface area contributed by atoms with E-state index >= 15 is 0 Å². The van der Waals surface area contributed by atoms with Gasteiger partial charge in [-0.1, -0.05) is 12.1 Å². The number of fused-ring (bicyclic) bond motifs is 1. The predicted molar refractivity (Wildman–Crippen MR) is 137 cm³/mol. The number of Topliss-reactive ketones (excluding diaryl/α,β-unsaturated/α-hetero) is 2. The fourth-order valence-corrected chi connectivity index (χ4v) is 4.75. The van der Waals surface area contributed by atoms with Crippen LogP contribution < -0.4 is 14.4 Å². The quantitative estimate of drug-likeness (QED) is 0.266. The zero-order valence-electron chi connectivity index (χ0n) is 19.9. The number of carbonyl (C=O) groups excluding carboxylic acids is 2. The summed E-state index contributed by atoms with van der Waals surface area (Å²) < 4.78 is 25.2. The number of pyridine rings is 1. The minimum Gasteiger partial charge on any atom is -0.493 e. The molecule has 2 heterocycles. The van der Waals surface area contributed by atoms with Crippen LogP contribution in [0.1, 0.15) is 33.7 Å². The van der Waals surface area contributed by atoms with Crippen LogP contribution in [-0.4, -0.2) is 44.9 Å². The molecule has 35 heavy (non-hydrogen) atoms. The molecule has 0 amide bonds. The summed E-state index contributed by atoms with van der Waals surface area (Å²) in [6.45, 7) is 0. The van der Waals surface area contributed by atoms with Crippen molar-refractivity contribution in [3.63, 3.8) is 0 Å². The molecular weight excluding hydrogens is 467 g/mol. The first-order valence-corrected chi connectivity index (χ1v) is 11.8. The van der Waals surface area contributed by atoms with Crippen molar-refractivity contribution < 1.29 is 23.5 Å². The van der Waals surface area contributed by atoms with Crippen molar-refractivity contribution in [3.05, 3.63) is 71.0 Å². The van der Waals surface area contributed by atoms with Crippen LogP contribution >= 0.6 is 11.3 Å². The average molecular weight is 493 g/mol. The summed E-state index contributed by atoms with van der Waals surface area (Å²) in [5.41, 5.74) is 2.85. The van der Waals surface area contributed by atoms with Gasteiger partial charge in [0, 0.05) is 54.5 Å². The Morgan fingerprint density at radius 1 is 0.971 bits per heavy atom. The second-order valence-corrected chi connectivity index (χ2v) is 9.05. The maximum Gasteiger partial charge on any atom is 0.181 e. The number of hydrogen-bond acceptors (Lipinski definition) is 7. The highest BCUT2D eigenvalue weighted by atomic mass is 32.1. The Bertz CT molecular complexity index is 1410. The molecule has 0 bridgehead atoms. The van der Waals surface area contributed by atoms with Crippen molar-refractivity contribution in [1.82, 2.24) is 4.98 Å². The third-order valence-corrected chi connectivity index (χ3v) is 6.73. The Labute approximate surface area is 206 Å². The third kappa shape index (κ3) is 5.02. The molecule has 0 radical (unpaired) electrons. The molecule has 0 aliphatic heterocycles. The Morgan fingerprint density at radius 2 is 1.71 bits per heavy atom. The predicted octanol–water partition coefficient (Wildman–Crippen LogP) is 6.03. The van der Waals surface area contributed by atoms with E-state index in [-0.39, 0.29) is 35.9 Å². The number of carbonyl (C=O) groups is 2. The largest absolute Gasteiger partial charge is 0.493 e. The van der Waals surface area contributed by atoms with Crippen LogP contribution in [0, 0.1) is 5.82 Å². The molecular formula is C27H25FN2O4S. The van der Waals surface area contributed by atoms with Crippen LogP contribution in [0.3, 0.4) is 0 Å². The third-order valence-electron chi connectivity index (χ3n) is 5.72. The number of hydrogen-bond donors (Lipinski definition) is 0. The first-order valence-electron chi connectivity index (χ1n) is 11.0. The molecule has 0 unspecified atom stereocenters. The van der Waals surface area contributed by atoms with E-state index in [1.807, 2.05) is 36.5 Å². The minimum atomic E-state index is -0.285. The molecule has 0 spiro atoms. The molecule has 0 atom stereocenters. The summed E-state index contributed by atoms with van der Waals surface area (Å²) in [6.07, 6.45) is 0.0413. The van der Waals surface area contributed by atoms with Crippen LogP contribution in [0.25, 0.3) is 21.3 Å². The number of halogens is 1. The SMILES string of the molecule is COc1ccc(C(=O)CCC(=O)c2cc(N(C)C)cc(-c3csc4c(F)cccc34)n2)cc1OC. The molecule has 2 aromatic carbocycles. The lowest BCUT2D eigenvalue weighted by Crippen LogP contribution is -2.12. The topological polar surface area (TPSA) is 68.7 Å². The number of ether oxygens (including phenoxy) is 2. The molecule has 6 nitrogen and oxygen atoms in total. The summed E-state index contributed by atoms with van der Waals surface area (Å²) in [7, 11) is 6.77. The molecule has 180 valence electrons. The van der Waals surface area contributed by atoms with Gasteiger partial charge in [-0.05, 0) is 36.4 Å². The Kier molecular flexibility index (Phi) is 7.12. The molecule has 4 rings (SSSR count). The van der Waals surface area contributed by atoms with Crippen LogP contribution in [0.2, 0.25) is 0 Å². The lowest BCUT2D eigenvalue weighted by atomic mass is 10.0. The highest BCUT2D eigenvalue weighted by Gasteiger charge is 2.18. The van der Waals surface area contributed by atoms with E-state index in [9.17, 15) is 14.0 Å². The van der Waals surface area contributed by atoms with Gasteiger partial charge in [0.15, 0.2) is 23.1 Å². The number of anilines is 1. The van der Waals surface area contributed by atoms with Gasteiger partial charge in [0.2, 0.25) is 0 Å². The van der Waals surface area contributed by atoms with Gasteiger partial charge >= 0.3 is 0 Å². The Hall–Kier alpha value is -3.78. The van der Waals surface area contributed by atoms with Crippen molar-refractivity contribution in [2.75, 3.05) is 33.2 Å². The maximum absolute atomic E-state index is 14.2. The molecule has 0 fully saturated rings. The van der Waals surface area contributed by atoms with E-state index in [2.05, 4.69) is 4.98 Å². The number of benzene rings is 2. The van der Waals surface area contributed by atoms with Crippen LogP contribution in [0.15, 0.2) is 53.9 Å². The van der Waals surface area contributed by atoms with Gasteiger partial charge < -0.3 is 14.4 Å². The number of nitrogens with zero attached hydrogens (tertiary/aromatic N) is 2. The standard InChI is InChI=1S/C27H25FN2O4S/c1-30(2)17-13-21(19-15-35-27-18(19)6-5-7-20(27)28)29-22(14-17)24(32)10-9-23(31)16-8-11-25(33-3)26(12-16)34-4/h5-8,11-15H,9-10H2,1-4H3. The molecule has 0 aliphatic rings. The van der Waals surface area contributed by atoms with Crippen molar-refractivity contribution in [2.24, 2.45) is 0 Å². The van der Waals surface area contributed by atoms with Crippen molar-refractivity contribution in [2.45, 2.75) is 12.8 Å². The van der Waals surface area contributed by atoms with Gasteiger partial charge in [0.05, 0.1) is 24.6 Å². The number of thiophene rings is 1. The van der Waals surface area contributed by atoms with E-state index < -0.39 is 0 Å². The van der Waals surface area contributed by atoms with Crippen LogP contribution in [0.4, 0.5) is 10.1 Å². The molecule has 4 aromatic rings. The lowest BCUT2D eigenvalue weighted by molar-refractivity contribution is 0.0915. The molecule has 8 heteroatoms. The van der Waals surface area contributed by atoms with Gasteiger partial charge in [0.1, 0.15) is 11.5 Å². The molecule has 0 N–H and O–H groups in total. The van der Waals surface area contributed by atoms with E-state index in [0.717, 1.165) is 16.6 Å². The Balaban J connectivity index is 1.59. The maximum atomic E-state index is 14.2. The monoisotopic (exact) mass is 492 g/mol. The molecule has 0 saturated carbocycles. The number of methoxy groups -OCH3 is 2. The van der Waals surface area contributed by atoms with E-state index in [1.54, 1.807) is 30.3 Å². The van der Waals surface area contributed by atoms with Gasteiger partial charge in [-0.2, -0.15) is 0 Å². The highest BCUT2D eigenvalue weighted by molar-refractivity contribution is 7.17. The minimum absolute atomic E-state index is 0.00944. The summed E-state index contributed by atoms with van der Waals surface area (Å²) >= 11 is 1.30. The molecule has 0 saturated heterocycles. The summed E-state index contributed by atoms with van der Waals surface area (Å²) in [5, 5.41) is 2.60. The van der Waals surface area contributed by atoms with Gasteiger partial charge in [0.25, 0.3) is 0 Å². The van der Waals surface area contributed by atoms with Crippen molar-refractivity contribution >= 4 is 38.7 Å². The van der Waals surface area contributed by atoms with E-state index in [1.165, 1.54) is 31.6 Å². The second kappa shape index (κ2) is 10.2. The average Bonchev–Trinajstić information content (AvgIpc) is 3.31. The smallest absolute Gasteiger partial charge is 0.181 e. The normalized spacial score (nSPS) is 10.9. The lowest BCUT2D eigenvalue weighted by Gasteiger charge is -2.15. The Morgan fingerprint density at radius 3 is 2.43 bits per heavy atom. The molecule has 2 aromatic heterocycles. The second-order valence-electron chi connectivity index (χ2n) is 8.17. The summed E-state index contributed by atoms with van der Waals surface area (Å²) in [6, 6.07) is 13.4. The zero-order chi connectivity index (χ0) is 25.1. The summed E-state index contributed by atoms with van der Waals surface area (Å²) in [4.78, 5) is 32.3.